The molecule has 0 aliphatic carbocycles. The second kappa shape index (κ2) is 5.31. The SMILES string of the molecule is COc1ncnc(NC2CCN(C)CC2)c1C. The van der Waals surface area contributed by atoms with Gasteiger partial charge in [-0.05, 0) is 39.9 Å². The van der Waals surface area contributed by atoms with E-state index in [0.29, 0.717) is 11.9 Å². The van der Waals surface area contributed by atoms with Crippen molar-refractivity contribution in [3.8, 4) is 5.88 Å². The summed E-state index contributed by atoms with van der Waals surface area (Å²) >= 11 is 0. The number of aromatic nitrogens is 2. The number of likely N-dealkylation sites (tertiary alicyclic amines) is 1. The molecule has 0 spiro atoms. The molecule has 0 amide bonds. The Morgan fingerprint density at radius 1 is 1.35 bits per heavy atom. The van der Waals surface area contributed by atoms with Gasteiger partial charge in [0.25, 0.3) is 0 Å². The molecule has 0 saturated carbocycles. The molecule has 17 heavy (non-hydrogen) atoms. The highest BCUT2D eigenvalue weighted by atomic mass is 16.5. The van der Waals surface area contributed by atoms with Crippen molar-refractivity contribution in [2.75, 3.05) is 32.6 Å². The van der Waals surface area contributed by atoms with Gasteiger partial charge < -0.3 is 15.0 Å². The molecule has 0 bridgehead atoms. The molecule has 1 aliphatic rings. The highest BCUT2D eigenvalue weighted by Crippen LogP contribution is 2.22. The van der Waals surface area contributed by atoms with Crippen LogP contribution in [0.3, 0.4) is 0 Å². The lowest BCUT2D eigenvalue weighted by Gasteiger charge is -2.30. The number of hydrogen-bond donors (Lipinski definition) is 1. The Morgan fingerprint density at radius 3 is 2.71 bits per heavy atom. The molecule has 2 rings (SSSR count). The predicted molar refractivity (Wildman–Crippen MR) is 67.5 cm³/mol. The van der Waals surface area contributed by atoms with Crippen LogP contribution in [-0.4, -0.2) is 48.2 Å². The zero-order valence-electron chi connectivity index (χ0n) is 10.7. The first-order valence-electron chi connectivity index (χ1n) is 6.01. The number of methoxy groups -OCH3 is 1. The van der Waals surface area contributed by atoms with Gasteiger partial charge in [-0.15, -0.1) is 0 Å². The Kier molecular flexibility index (Phi) is 3.78. The molecule has 1 N–H and O–H groups in total. The van der Waals surface area contributed by atoms with Gasteiger partial charge in [-0.25, -0.2) is 9.97 Å². The van der Waals surface area contributed by atoms with E-state index in [4.69, 9.17) is 4.74 Å². The Bertz CT molecular complexity index is 375. The van der Waals surface area contributed by atoms with E-state index in [1.54, 1.807) is 13.4 Å². The van der Waals surface area contributed by atoms with Gasteiger partial charge in [-0.3, -0.25) is 0 Å². The van der Waals surface area contributed by atoms with Crippen molar-refractivity contribution in [3.05, 3.63) is 11.9 Å². The molecule has 5 heteroatoms. The van der Waals surface area contributed by atoms with Crippen LogP contribution in [0.15, 0.2) is 6.33 Å². The summed E-state index contributed by atoms with van der Waals surface area (Å²) in [6, 6.07) is 0.504. The van der Waals surface area contributed by atoms with Crippen LogP contribution in [0.1, 0.15) is 18.4 Å². The molecule has 0 atom stereocenters. The third-order valence-electron chi connectivity index (χ3n) is 3.29. The number of piperidine rings is 1. The van der Waals surface area contributed by atoms with E-state index in [1.165, 1.54) is 0 Å². The van der Waals surface area contributed by atoms with Gasteiger partial charge in [0.15, 0.2) is 0 Å². The van der Waals surface area contributed by atoms with E-state index in [2.05, 4.69) is 27.2 Å². The van der Waals surface area contributed by atoms with Gasteiger partial charge in [-0.2, -0.15) is 0 Å². The summed E-state index contributed by atoms with van der Waals surface area (Å²) in [5.74, 6) is 1.54. The Labute approximate surface area is 102 Å². The van der Waals surface area contributed by atoms with Crippen LogP contribution in [0.25, 0.3) is 0 Å². The third kappa shape index (κ3) is 2.85. The highest BCUT2D eigenvalue weighted by Gasteiger charge is 2.18. The lowest BCUT2D eigenvalue weighted by Crippen LogP contribution is -2.37. The van der Waals surface area contributed by atoms with Gasteiger partial charge in [0, 0.05) is 6.04 Å². The first-order chi connectivity index (χ1) is 8.20. The number of anilines is 1. The molecule has 1 fully saturated rings. The lowest BCUT2D eigenvalue weighted by atomic mass is 10.1. The molecule has 1 aliphatic heterocycles. The molecule has 1 saturated heterocycles. The highest BCUT2D eigenvalue weighted by molar-refractivity contribution is 5.48. The van der Waals surface area contributed by atoms with Crippen LogP contribution in [0, 0.1) is 6.92 Å². The Morgan fingerprint density at radius 2 is 2.06 bits per heavy atom. The van der Waals surface area contributed by atoms with Gasteiger partial charge in [0.2, 0.25) is 5.88 Å². The molecule has 2 heterocycles. The summed E-state index contributed by atoms with van der Waals surface area (Å²) in [5.41, 5.74) is 0.980. The quantitative estimate of drug-likeness (QED) is 0.857. The first-order valence-corrected chi connectivity index (χ1v) is 6.01. The molecule has 0 radical (unpaired) electrons. The maximum Gasteiger partial charge on any atom is 0.221 e. The summed E-state index contributed by atoms with van der Waals surface area (Å²) in [6.07, 6.45) is 3.85. The van der Waals surface area contributed by atoms with Gasteiger partial charge in [-0.1, -0.05) is 0 Å². The van der Waals surface area contributed by atoms with Crippen LogP contribution in [0.4, 0.5) is 5.82 Å². The normalized spacial score (nSPS) is 18.1. The minimum atomic E-state index is 0.504. The smallest absolute Gasteiger partial charge is 0.221 e. The molecule has 94 valence electrons. The monoisotopic (exact) mass is 236 g/mol. The topological polar surface area (TPSA) is 50.3 Å². The molecule has 1 aromatic rings. The molecule has 5 nitrogen and oxygen atoms in total. The van der Waals surface area contributed by atoms with Gasteiger partial charge in [0.1, 0.15) is 12.1 Å². The van der Waals surface area contributed by atoms with Crippen LogP contribution in [0.2, 0.25) is 0 Å². The summed E-state index contributed by atoms with van der Waals surface area (Å²) < 4.78 is 5.19. The standard InChI is InChI=1S/C12H20N4O/c1-9-11(13-8-14-12(9)17-3)15-10-4-6-16(2)7-5-10/h8,10H,4-7H2,1-3H3,(H,13,14,15). The van der Waals surface area contributed by atoms with Crippen molar-refractivity contribution < 1.29 is 4.74 Å². The Balaban J connectivity index is 2.03. The van der Waals surface area contributed by atoms with Gasteiger partial charge >= 0.3 is 0 Å². The van der Waals surface area contributed by atoms with E-state index in [1.807, 2.05) is 6.92 Å². The molecule has 0 aromatic carbocycles. The lowest BCUT2D eigenvalue weighted by molar-refractivity contribution is 0.263. The maximum atomic E-state index is 5.19. The van der Waals surface area contributed by atoms with Crippen molar-refractivity contribution in [3.63, 3.8) is 0 Å². The van der Waals surface area contributed by atoms with Crippen LogP contribution >= 0.6 is 0 Å². The largest absolute Gasteiger partial charge is 0.481 e. The van der Waals surface area contributed by atoms with E-state index >= 15 is 0 Å². The molecule has 0 unspecified atom stereocenters. The number of nitrogens with one attached hydrogen (secondary N) is 1. The minimum Gasteiger partial charge on any atom is -0.481 e. The summed E-state index contributed by atoms with van der Waals surface area (Å²) in [7, 11) is 3.80. The van der Waals surface area contributed by atoms with Crippen LogP contribution < -0.4 is 10.1 Å². The fourth-order valence-electron chi connectivity index (χ4n) is 2.13. The number of rotatable bonds is 3. The fourth-order valence-corrected chi connectivity index (χ4v) is 2.13. The summed E-state index contributed by atoms with van der Waals surface area (Å²) in [6.45, 7) is 4.26. The maximum absolute atomic E-state index is 5.19. The molecular weight excluding hydrogens is 216 g/mol. The summed E-state index contributed by atoms with van der Waals surface area (Å²) in [4.78, 5) is 10.7. The molecule has 1 aromatic heterocycles. The first kappa shape index (κ1) is 12.1. The van der Waals surface area contributed by atoms with E-state index in [0.717, 1.165) is 37.3 Å². The number of nitrogens with zero attached hydrogens (tertiary/aromatic N) is 3. The van der Waals surface area contributed by atoms with Crippen molar-refractivity contribution in [1.29, 1.82) is 0 Å². The third-order valence-corrected chi connectivity index (χ3v) is 3.29. The zero-order chi connectivity index (χ0) is 12.3. The van der Waals surface area contributed by atoms with Crippen LogP contribution in [0.5, 0.6) is 5.88 Å². The van der Waals surface area contributed by atoms with Crippen molar-refractivity contribution in [2.24, 2.45) is 0 Å². The van der Waals surface area contributed by atoms with Crippen LogP contribution in [-0.2, 0) is 0 Å². The second-order valence-corrected chi connectivity index (χ2v) is 4.58. The van der Waals surface area contributed by atoms with Crippen molar-refractivity contribution in [1.82, 2.24) is 14.9 Å². The summed E-state index contributed by atoms with van der Waals surface area (Å²) in [5, 5.41) is 3.49. The van der Waals surface area contributed by atoms with E-state index in [-0.39, 0.29) is 0 Å². The van der Waals surface area contributed by atoms with E-state index < -0.39 is 0 Å². The molecular formula is C12H20N4O. The Hall–Kier alpha value is -1.36. The predicted octanol–water partition coefficient (Wildman–Crippen LogP) is 1.30. The van der Waals surface area contributed by atoms with Crippen molar-refractivity contribution in [2.45, 2.75) is 25.8 Å². The number of hydrogen-bond acceptors (Lipinski definition) is 5. The van der Waals surface area contributed by atoms with Crippen molar-refractivity contribution >= 4 is 5.82 Å². The fraction of sp³-hybridized carbons (Fsp3) is 0.667. The van der Waals surface area contributed by atoms with E-state index in [9.17, 15) is 0 Å². The minimum absolute atomic E-state index is 0.504. The average molecular weight is 236 g/mol. The number of ether oxygens (including phenoxy) is 1. The average Bonchev–Trinajstić information content (AvgIpc) is 2.35. The van der Waals surface area contributed by atoms with Gasteiger partial charge in [0.05, 0.1) is 12.7 Å². The second-order valence-electron chi connectivity index (χ2n) is 4.58. The zero-order valence-corrected chi connectivity index (χ0v) is 10.7.